The van der Waals surface area contributed by atoms with Crippen molar-refractivity contribution in [3.8, 4) is 11.4 Å². The third-order valence-electron chi connectivity index (χ3n) is 4.80. The van der Waals surface area contributed by atoms with Gasteiger partial charge in [-0.2, -0.15) is 0 Å². The largest absolute Gasteiger partial charge is 0.354 e. The lowest BCUT2D eigenvalue weighted by Gasteiger charge is -2.17. The molecule has 1 atom stereocenters. The van der Waals surface area contributed by atoms with Gasteiger partial charge in [0.15, 0.2) is 0 Å². The molecule has 1 amide bonds. The van der Waals surface area contributed by atoms with Crippen LogP contribution in [0.2, 0.25) is 0 Å². The van der Waals surface area contributed by atoms with E-state index in [9.17, 15) is 9.59 Å². The Hall–Kier alpha value is -2.54. The fraction of sp³-hybridized carbons (Fsp3) is 0.316. The highest BCUT2D eigenvalue weighted by atomic mass is 32.2. The van der Waals surface area contributed by atoms with Crippen molar-refractivity contribution in [1.29, 1.82) is 0 Å². The van der Waals surface area contributed by atoms with Gasteiger partial charge < -0.3 is 14.9 Å². The van der Waals surface area contributed by atoms with Crippen LogP contribution in [0.25, 0.3) is 22.3 Å². The maximum absolute atomic E-state index is 12.7. The minimum absolute atomic E-state index is 0.0106. The molecular formula is C19H20N4O2S. The van der Waals surface area contributed by atoms with Crippen molar-refractivity contribution in [1.82, 2.24) is 19.9 Å². The van der Waals surface area contributed by atoms with Crippen LogP contribution >= 0.6 is 11.8 Å². The molecule has 2 N–H and O–H groups in total. The van der Waals surface area contributed by atoms with Gasteiger partial charge in [0.05, 0.1) is 5.56 Å². The number of nitrogens with one attached hydrogen (secondary N) is 2. The first kappa shape index (κ1) is 16.9. The lowest BCUT2D eigenvalue weighted by Crippen LogP contribution is -2.31. The summed E-state index contributed by atoms with van der Waals surface area (Å²) >= 11 is 1.63. The fourth-order valence-electron chi connectivity index (χ4n) is 3.44. The predicted molar refractivity (Wildman–Crippen MR) is 103 cm³/mol. The van der Waals surface area contributed by atoms with Crippen molar-refractivity contribution in [2.75, 3.05) is 12.8 Å². The second-order valence-corrected chi connectivity index (χ2v) is 7.31. The molecule has 3 heterocycles. The number of hydrogen-bond acceptors (Lipinski definition) is 4. The summed E-state index contributed by atoms with van der Waals surface area (Å²) < 4.78 is 1.83. The molecule has 3 aromatic rings. The van der Waals surface area contributed by atoms with Gasteiger partial charge in [0.2, 0.25) is 5.91 Å². The minimum Gasteiger partial charge on any atom is -0.354 e. The predicted octanol–water partition coefficient (Wildman–Crippen LogP) is 2.95. The van der Waals surface area contributed by atoms with E-state index in [1.165, 1.54) is 0 Å². The van der Waals surface area contributed by atoms with Crippen LogP contribution in [0.1, 0.15) is 25.3 Å². The Balaban J connectivity index is 1.81. The third-order valence-corrected chi connectivity index (χ3v) is 5.53. The van der Waals surface area contributed by atoms with Gasteiger partial charge in [-0.15, -0.1) is 11.8 Å². The molecule has 26 heavy (non-hydrogen) atoms. The van der Waals surface area contributed by atoms with E-state index in [0.29, 0.717) is 17.9 Å². The van der Waals surface area contributed by atoms with Crippen LogP contribution in [0.5, 0.6) is 0 Å². The van der Waals surface area contributed by atoms with Crippen molar-refractivity contribution in [2.45, 2.75) is 30.2 Å². The number of carbonyl (C=O) groups excluding carboxylic acids is 1. The van der Waals surface area contributed by atoms with Gasteiger partial charge >= 0.3 is 0 Å². The summed E-state index contributed by atoms with van der Waals surface area (Å²) in [5.41, 5.74) is 1.09. The molecule has 7 heteroatoms. The molecule has 0 spiro atoms. The number of nitrogens with zero attached hydrogens (tertiary/aromatic N) is 2. The number of aromatic amines is 1. The minimum atomic E-state index is -0.330. The van der Waals surface area contributed by atoms with Gasteiger partial charge in [-0.05, 0) is 49.1 Å². The van der Waals surface area contributed by atoms with Crippen molar-refractivity contribution in [3.05, 3.63) is 47.0 Å². The lowest BCUT2D eigenvalue weighted by atomic mass is 10.1. The van der Waals surface area contributed by atoms with Crippen molar-refractivity contribution in [3.63, 3.8) is 0 Å². The molecule has 1 saturated heterocycles. The number of fused-ring (bicyclic) bond motifs is 1. The van der Waals surface area contributed by atoms with Crippen LogP contribution in [-0.4, -0.2) is 33.2 Å². The van der Waals surface area contributed by atoms with Gasteiger partial charge in [0.25, 0.3) is 5.56 Å². The molecule has 1 aromatic carbocycles. The zero-order chi connectivity index (χ0) is 18.1. The first-order valence-corrected chi connectivity index (χ1v) is 9.92. The van der Waals surface area contributed by atoms with E-state index in [2.05, 4.69) is 15.3 Å². The van der Waals surface area contributed by atoms with E-state index in [0.717, 1.165) is 35.1 Å². The second-order valence-electron chi connectivity index (χ2n) is 6.43. The number of hydrogen-bond donors (Lipinski definition) is 2. The first-order valence-electron chi connectivity index (χ1n) is 8.69. The van der Waals surface area contributed by atoms with Crippen LogP contribution in [0.4, 0.5) is 0 Å². The Bertz CT molecular complexity index is 1020. The number of aromatic nitrogens is 3. The molecule has 0 bridgehead atoms. The Labute approximate surface area is 155 Å². The number of thioether (sulfide) groups is 1. The van der Waals surface area contributed by atoms with E-state index < -0.39 is 0 Å². The molecule has 2 aromatic heterocycles. The van der Waals surface area contributed by atoms with Gasteiger partial charge in [-0.25, -0.2) is 4.98 Å². The molecule has 1 aliphatic rings. The topological polar surface area (TPSA) is 79.8 Å². The molecule has 1 aliphatic heterocycles. The van der Waals surface area contributed by atoms with Crippen LogP contribution in [-0.2, 0) is 4.79 Å². The number of carbonyl (C=O) groups is 1. The molecule has 1 fully saturated rings. The Kier molecular flexibility index (Phi) is 4.55. The highest BCUT2D eigenvalue weighted by Crippen LogP contribution is 2.26. The highest BCUT2D eigenvalue weighted by molar-refractivity contribution is 7.98. The molecular weight excluding hydrogens is 348 g/mol. The number of H-pyrrole nitrogens is 1. The van der Waals surface area contributed by atoms with E-state index in [-0.39, 0.29) is 17.5 Å². The summed E-state index contributed by atoms with van der Waals surface area (Å²) in [6.07, 6.45) is 8.12. The van der Waals surface area contributed by atoms with Gasteiger partial charge in [-0.1, -0.05) is 6.07 Å². The molecule has 4 rings (SSSR count). The van der Waals surface area contributed by atoms with E-state index >= 15 is 0 Å². The Morgan fingerprint density at radius 1 is 1.23 bits per heavy atom. The zero-order valence-corrected chi connectivity index (χ0v) is 15.3. The van der Waals surface area contributed by atoms with Gasteiger partial charge in [0.1, 0.15) is 11.9 Å². The Morgan fingerprint density at radius 2 is 2.12 bits per heavy atom. The maximum atomic E-state index is 12.7. The summed E-state index contributed by atoms with van der Waals surface area (Å²) in [6.45, 7) is 0.702. The van der Waals surface area contributed by atoms with Gasteiger partial charge in [0, 0.05) is 29.4 Å². The smallest absolute Gasteiger partial charge is 0.259 e. The maximum Gasteiger partial charge on any atom is 0.259 e. The van der Waals surface area contributed by atoms with Crippen LogP contribution < -0.4 is 10.9 Å². The lowest BCUT2D eigenvalue weighted by molar-refractivity contribution is -0.124. The summed E-state index contributed by atoms with van der Waals surface area (Å²) in [6, 6.07) is 7.51. The number of benzene rings is 1. The number of amides is 1. The molecule has 0 radical (unpaired) electrons. The molecule has 0 saturated carbocycles. The Morgan fingerprint density at radius 3 is 2.96 bits per heavy atom. The summed E-state index contributed by atoms with van der Waals surface area (Å²) in [4.78, 5) is 33.5. The van der Waals surface area contributed by atoms with Crippen molar-refractivity contribution in [2.24, 2.45) is 0 Å². The molecule has 1 unspecified atom stereocenters. The van der Waals surface area contributed by atoms with Crippen molar-refractivity contribution < 1.29 is 4.79 Å². The summed E-state index contributed by atoms with van der Waals surface area (Å²) in [5, 5.41) is 3.88. The second kappa shape index (κ2) is 6.99. The first-order chi connectivity index (χ1) is 12.7. The van der Waals surface area contributed by atoms with E-state index in [1.807, 2.05) is 35.1 Å². The van der Waals surface area contributed by atoms with Crippen LogP contribution in [0.15, 0.2) is 46.3 Å². The van der Waals surface area contributed by atoms with Crippen LogP contribution in [0, 0.1) is 0 Å². The number of pyridine rings is 1. The molecule has 0 aliphatic carbocycles. The normalized spacial score (nSPS) is 17.9. The monoisotopic (exact) mass is 368 g/mol. The van der Waals surface area contributed by atoms with Crippen LogP contribution in [0.3, 0.4) is 0 Å². The summed E-state index contributed by atoms with van der Waals surface area (Å²) in [5.74, 6) is 0.521. The third kappa shape index (κ3) is 3.03. The zero-order valence-electron chi connectivity index (χ0n) is 14.5. The van der Waals surface area contributed by atoms with E-state index in [1.54, 1.807) is 24.2 Å². The standard InChI is InChI=1S/C19H20N4O2S/c1-26-13-6-5-12-10-14(18(24)22-15(12)11-13)17-20-8-9-23(17)16-4-2-3-7-21-19(16)25/h5-6,8-11,16H,2-4,7H2,1H3,(H,21,25)(H,22,24). The average molecular weight is 368 g/mol. The fourth-order valence-corrected chi connectivity index (χ4v) is 3.87. The highest BCUT2D eigenvalue weighted by Gasteiger charge is 2.25. The van der Waals surface area contributed by atoms with Gasteiger partial charge in [-0.3, -0.25) is 9.59 Å². The molecule has 6 nitrogen and oxygen atoms in total. The summed E-state index contributed by atoms with van der Waals surface area (Å²) in [7, 11) is 0. The molecule has 134 valence electrons. The number of rotatable bonds is 3. The average Bonchev–Trinajstić information content (AvgIpc) is 3.02. The van der Waals surface area contributed by atoms with Crippen molar-refractivity contribution >= 4 is 28.6 Å². The van der Waals surface area contributed by atoms with E-state index in [4.69, 9.17) is 0 Å². The SMILES string of the molecule is CSc1ccc2cc(-c3nccn3C3CCCCNC3=O)c(=O)[nH]c2c1. The number of imidazole rings is 1. The quantitative estimate of drug-likeness (QED) is 0.697.